The average molecular weight is 489 g/mol. The number of phosphoric ester groups is 1. The summed E-state index contributed by atoms with van der Waals surface area (Å²) in [5.74, 6) is 0. The van der Waals surface area contributed by atoms with Gasteiger partial charge in [0.1, 0.15) is 13.2 Å². The third-order valence-corrected chi connectivity index (χ3v) is 7.96. The summed E-state index contributed by atoms with van der Waals surface area (Å²) >= 11 is 0. The third-order valence-electron chi connectivity index (χ3n) is 6.94. The van der Waals surface area contributed by atoms with Crippen LogP contribution in [0.4, 0.5) is 0 Å². The Morgan fingerprint density at radius 2 is 1.21 bits per heavy atom. The lowest BCUT2D eigenvalue weighted by atomic mass is 10.1. The minimum atomic E-state index is -3.91. The Bertz CT molecular complexity index is 518. The van der Waals surface area contributed by atoms with E-state index in [1.54, 1.807) is 0 Å². The van der Waals surface area contributed by atoms with Gasteiger partial charge in [-0.25, -0.2) is 4.57 Å². The molecule has 1 N–H and O–H groups in total. The van der Waals surface area contributed by atoms with Gasteiger partial charge in [-0.15, -0.1) is 0 Å². The van der Waals surface area contributed by atoms with Gasteiger partial charge in [0, 0.05) is 0 Å². The van der Waals surface area contributed by atoms with Crippen LogP contribution in [0.2, 0.25) is 0 Å². The van der Waals surface area contributed by atoms with Gasteiger partial charge in [0.05, 0.1) is 26.7 Å². The topological polar surface area (TPSA) is 55.8 Å². The summed E-state index contributed by atoms with van der Waals surface area (Å²) < 4.78 is 23.4. The maximum Gasteiger partial charge on any atom is 0.472 e. The molecule has 0 aromatic heterocycles. The monoisotopic (exact) mass is 488 g/mol. The Kier molecular flexibility index (Phi) is 18.7. The second kappa shape index (κ2) is 20.0. The first-order valence-corrected chi connectivity index (χ1v) is 15.6. The zero-order valence-corrected chi connectivity index (χ0v) is 22.9. The van der Waals surface area contributed by atoms with Crippen LogP contribution in [0, 0.1) is 0 Å². The number of hydrogen-bond donors (Lipinski definition) is 1. The molecule has 1 saturated heterocycles. The van der Waals surface area contributed by atoms with Crippen molar-refractivity contribution >= 4 is 7.82 Å². The van der Waals surface area contributed by atoms with E-state index in [0.717, 1.165) is 43.4 Å². The summed E-state index contributed by atoms with van der Waals surface area (Å²) in [6.07, 6.45) is 27.2. The Labute approximate surface area is 205 Å². The minimum Gasteiger partial charge on any atom is -0.324 e. The van der Waals surface area contributed by atoms with Crippen molar-refractivity contribution in [1.82, 2.24) is 0 Å². The molecule has 0 aliphatic carbocycles. The molecule has 5 nitrogen and oxygen atoms in total. The Balaban J connectivity index is 1.89. The lowest BCUT2D eigenvalue weighted by Gasteiger charge is -2.33. The van der Waals surface area contributed by atoms with Gasteiger partial charge in [0.25, 0.3) is 0 Å². The van der Waals surface area contributed by atoms with Crippen molar-refractivity contribution in [2.45, 2.75) is 122 Å². The molecule has 1 fully saturated rings. The molecule has 1 atom stereocenters. The van der Waals surface area contributed by atoms with Crippen LogP contribution in [0.1, 0.15) is 122 Å². The molecule has 0 aromatic carbocycles. The molecule has 6 heteroatoms. The van der Waals surface area contributed by atoms with Crippen LogP contribution >= 0.6 is 7.82 Å². The molecule has 0 saturated carbocycles. The lowest BCUT2D eigenvalue weighted by molar-refractivity contribution is -0.908. The van der Waals surface area contributed by atoms with Gasteiger partial charge >= 0.3 is 7.82 Å². The van der Waals surface area contributed by atoms with E-state index in [1.807, 2.05) is 0 Å². The molecular weight excluding hydrogens is 433 g/mol. The summed E-state index contributed by atoms with van der Waals surface area (Å²) in [5.41, 5.74) is 0. The van der Waals surface area contributed by atoms with Crippen LogP contribution in [-0.4, -0.2) is 49.3 Å². The smallest absolute Gasteiger partial charge is 0.324 e. The van der Waals surface area contributed by atoms with Crippen molar-refractivity contribution in [2.75, 3.05) is 39.9 Å². The highest BCUT2D eigenvalue weighted by molar-refractivity contribution is 7.47. The summed E-state index contributed by atoms with van der Waals surface area (Å²) in [6, 6.07) is 0. The highest BCUT2D eigenvalue weighted by Gasteiger charge is 2.26. The summed E-state index contributed by atoms with van der Waals surface area (Å²) in [5, 5.41) is 0. The van der Waals surface area contributed by atoms with E-state index >= 15 is 0 Å². The van der Waals surface area contributed by atoms with Crippen LogP contribution in [0.5, 0.6) is 0 Å². The predicted octanol–water partition coefficient (Wildman–Crippen LogP) is 8.18. The van der Waals surface area contributed by atoms with Gasteiger partial charge in [-0.2, -0.15) is 0 Å². The maximum absolute atomic E-state index is 12.1. The van der Waals surface area contributed by atoms with E-state index in [2.05, 4.69) is 26.1 Å². The molecule has 196 valence electrons. The van der Waals surface area contributed by atoms with Gasteiger partial charge in [-0.05, 0) is 57.8 Å². The van der Waals surface area contributed by atoms with Crippen LogP contribution in [0.15, 0.2) is 12.2 Å². The number of unbranched alkanes of at least 4 members (excludes halogenated alkanes) is 12. The minimum absolute atomic E-state index is 0.289. The van der Waals surface area contributed by atoms with Crippen molar-refractivity contribution in [3.05, 3.63) is 12.2 Å². The summed E-state index contributed by atoms with van der Waals surface area (Å²) in [7, 11) is -1.68. The quantitative estimate of drug-likeness (QED) is 0.0766. The van der Waals surface area contributed by atoms with Crippen molar-refractivity contribution < 1.29 is 23.0 Å². The molecule has 0 aromatic rings. The second-order valence-corrected chi connectivity index (χ2v) is 11.7. The van der Waals surface area contributed by atoms with Crippen molar-refractivity contribution in [1.29, 1.82) is 0 Å². The number of allylic oxidation sites excluding steroid dienone is 2. The van der Waals surface area contributed by atoms with Gasteiger partial charge < -0.3 is 9.38 Å². The largest absolute Gasteiger partial charge is 0.472 e. The van der Waals surface area contributed by atoms with E-state index in [9.17, 15) is 9.46 Å². The number of quaternary nitrogens is 1. The lowest BCUT2D eigenvalue weighted by Crippen LogP contribution is -2.46. The van der Waals surface area contributed by atoms with Crippen molar-refractivity contribution in [3.63, 3.8) is 0 Å². The van der Waals surface area contributed by atoms with E-state index in [0.29, 0.717) is 6.61 Å². The van der Waals surface area contributed by atoms with Gasteiger partial charge in [0.15, 0.2) is 0 Å². The number of likely N-dealkylation sites (N-methyl/N-ethyl adjacent to an activating group) is 1. The molecule has 1 aliphatic heterocycles. The van der Waals surface area contributed by atoms with E-state index < -0.39 is 7.82 Å². The number of likely N-dealkylation sites (tertiary alicyclic amines) is 1. The summed E-state index contributed by atoms with van der Waals surface area (Å²) in [4.78, 5) is 9.91. The first kappa shape index (κ1) is 30.8. The van der Waals surface area contributed by atoms with Crippen molar-refractivity contribution in [2.24, 2.45) is 0 Å². The molecule has 1 aliphatic rings. The van der Waals surface area contributed by atoms with Crippen LogP contribution in [0.3, 0.4) is 0 Å². The molecule has 0 radical (unpaired) electrons. The number of nitrogens with zero attached hydrogens (tertiary/aromatic N) is 1. The Morgan fingerprint density at radius 1 is 0.727 bits per heavy atom. The van der Waals surface area contributed by atoms with Gasteiger partial charge in [-0.3, -0.25) is 9.05 Å². The number of hydrogen-bond acceptors (Lipinski definition) is 3. The van der Waals surface area contributed by atoms with E-state index in [1.165, 1.54) is 96.3 Å². The fraction of sp³-hybridized carbons (Fsp3) is 0.926. The standard InChI is InChI=1S/C27H54NO4P/c1-3-4-5-6-7-8-9-10-11-12-13-14-15-16-19-22-26-31-33(29,30)32-27-25-28(2)23-20-17-18-21-24-28/h10-11H,3-9,12-27H2,1-2H3/p+1/b11-10-. The average Bonchev–Trinajstić information content (AvgIpc) is 3.00. The van der Waals surface area contributed by atoms with Crippen molar-refractivity contribution in [3.8, 4) is 0 Å². The predicted molar refractivity (Wildman–Crippen MR) is 140 cm³/mol. The number of rotatable bonds is 21. The maximum atomic E-state index is 12.1. The molecule has 1 unspecified atom stereocenters. The van der Waals surface area contributed by atoms with Crippen LogP contribution < -0.4 is 0 Å². The Hall–Kier alpha value is -0.190. The Morgan fingerprint density at radius 3 is 1.79 bits per heavy atom. The highest BCUT2D eigenvalue weighted by Crippen LogP contribution is 2.43. The first-order valence-electron chi connectivity index (χ1n) is 14.1. The molecule has 33 heavy (non-hydrogen) atoms. The van der Waals surface area contributed by atoms with Crippen LogP contribution in [0.25, 0.3) is 0 Å². The second-order valence-electron chi connectivity index (χ2n) is 10.3. The molecule has 0 amide bonds. The zero-order chi connectivity index (χ0) is 24.1. The summed E-state index contributed by atoms with van der Waals surface area (Å²) in [6.45, 7) is 5.91. The SMILES string of the molecule is CCCCCCCC/C=C\CCCCCCCCOP(=O)(O)OCC[N+]1(C)CCCCCC1. The highest BCUT2D eigenvalue weighted by atomic mass is 31.2. The van der Waals surface area contributed by atoms with Gasteiger partial charge in [-0.1, -0.05) is 76.9 Å². The first-order chi connectivity index (χ1) is 16.0. The normalized spacial score (nSPS) is 18.4. The fourth-order valence-electron chi connectivity index (χ4n) is 4.62. The molecule has 1 heterocycles. The fourth-order valence-corrected chi connectivity index (χ4v) is 5.37. The third kappa shape index (κ3) is 18.8. The molecule has 0 bridgehead atoms. The molecular formula is C27H55NO4P+. The molecule has 1 rings (SSSR count). The van der Waals surface area contributed by atoms with Crippen LogP contribution in [-0.2, 0) is 13.6 Å². The van der Waals surface area contributed by atoms with Gasteiger partial charge in [0.2, 0.25) is 0 Å². The van der Waals surface area contributed by atoms with E-state index in [-0.39, 0.29) is 6.61 Å². The number of phosphoric acid groups is 1. The van der Waals surface area contributed by atoms with E-state index in [4.69, 9.17) is 9.05 Å². The molecule has 0 spiro atoms. The zero-order valence-electron chi connectivity index (χ0n) is 22.0.